The molecule has 0 amide bonds. The van der Waals surface area contributed by atoms with Gasteiger partial charge in [0.05, 0.1) is 18.1 Å². The second-order valence-corrected chi connectivity index (χ2v) is 6.64. The summed E-state index contributed by atoms with van der Waals surface area (Å²) >= 11 is 0. The molecular formula is C22H23N3O. The zero-order valence-corrected chi connectivity index (χ0v) is 15.1. The molecule has 26 heavy (non-hydrogen) atoms. The van der Waals surface area contributed by atoms with Crippen molar-refractivity contribution in [3.05, 3.63) is 72.6 Å². The van der Waals surface area contributed by atoms with E-state index in [1.807, 2.05) is 30.5 Å². The molecule has 0 bridgehead atoms. The van der Waals surface area contributed by atoms with Crippen molar-refractivity contribution < 1.29 is 4.74 Å². The fourth-order valence-electron chi connectivity index (χ4n) is 3.50. The highest BCUT2D eigenvalue weighted by molar-refractivity contribution is 6.04. The van der Waals surface area contributed by atoms with Gasteiger partial charge >= 0.3 is 0 Å². The molecule has 0 aliphatic carbocycles. The van der Waals surface area contributed by atoms with Gasteiger partial charge in [0.2, 0.25) is 0 Å². The second-order valence-electron chi connectivity index (χ2n) is 6.64. The smallest absolute Gasteiger partial charge is 0.123 e. The first-order valence-corrected chi connectivity index (χ1v) is 8.94. The van der Waals surface area contributed by atoms with Crippen molar-refractivity contribution in [2.75, 3.05) is 7.11 Å². The molecule has 2 aromatic heterocycles. The summed E-state index contributed by atoms with van der Waals surface area (Å²) < 4.78 is 7.76. The first kappa shape index (κ1) is 16.6. The molecule has 2 aromatic carbocycles. The first-order valence-electron chi connectivity index (χ1n) is 8.94. The van der Waals surface area contributed by atoms with Crippen LogP contribution in [0.3, 0.4) is 0 Å². The van der Waals surface area contributed by atoms with Crippen molar-refractivity contribution in [3.8, 4) is 5.75 Å². The van der Waals surface area contributed by atoms with Crippen LogP contribution < -0.4 is 10.1 Å². The van der Waals surface area contributed by atoms with Crippen molar-refractivity contribution in [2.45, 2.75) is 26.1 Å². The molecule has 4 heteroatoms. The van der Waals surface area contributed by atoms with Crippen LogP contribution in [0.15, 0.2) is 67.0 Å². The molecule has 2 heterocycles. The maximum absolute atomic E-state index is 5.44. The minimum absolute atomic E-state index is 0.322. The van der Waals surface area contributed by atoms with Gasteiger partial charge in [0.15, 0.2) is 0 Å². The van der Waals surface area contributed by atoms with Crippen LogP contribution in [-0.2, 0) is 13.1 Å². The number of hydrogen-bond acceptors (Lipinski definition) is 3. The van der Waals surface area contributed by atoms with Gasteiger partial charge in [-0.15, -0.1) is 0 Å². The Kier molecular flexibility index (Phi) is 4.59. The van der Waals surface area contributed by atoms with Crippen molar-refractivity contribution in [1.82, 2.24) is 14.9 Å². The number of fused-ring (bicyclic) bond motifs is 3. The maximum atomic E-state index is 5.44. The van der Waals surface area contributed by atoms with Gasteiger partial charge in [0, 0.05) is 47.9 Å². The van der Waals surface area contributed by atoms with Crippen LogP contribution in [-0.4, -0.2) is 22.7 Å². The number of aromatic nitrogens is 2. The molecule has 0 saturated carbocycles. The Morgan fingerprint density at radius 3 is 2.85 bits per heavy atom. The minimum atomic E-state index is 0.322. The third-order valence-electron chi connectivity index (χ3n) is 4.81. The molecule has 4 rings (SSSR count). The van der Waals surface area contributed by atoms with Crippen LogP contribution in [0.4, 0.5) is 0 Å². The van der Waals surface area contributed by atoms with E-state index in [1.54, 1.807) is 7.11 Å². The topological polar surface area (TPSA) is 39.1 Å². The van der Waals surface area contributed by atoms with Crippen molar-refractivity contribution >= 4 is 21.8 Å². The summed E-state index contributed by atoms with van der Waals surface area (Å²) in [5.74, 6) is 0.927. The van der Waals surface area contributed by atoms with E-state index < -0.39 is 0 Å². The summed E-state index contributed by atoms with van der Waals surface area (Å²) in [7, 11) is 1.72. The first-order chi connectivity index (χ1) is 12.8. The van der Waals surface area contributed by atoms with Gasteiger partial charge in [0.1, 0.15) is 5.75 Å². The van der Waals surface area contributed by atoms with Gasteiger partial charge in [-0.05, 0) is 37.3 Å². The summed E-state index contributed by atoms with van der Waals surface area (Å²) in [6.45, 7) is 3.89. The molecule has 4 aromatic rings. The maximum Gasteiger partial charge on any atom is 0.123 e. The van der Waals surface area contributed by atoms with E-state index >= 15 is 0 Å². The van der Waals surface area contributed by atoms with Crippen molar-refractivity contribution in [1.29, 1.82) is 0 Å². The largest absolute Gasteiger partial charge is 0.496 e. The van der Waals surface area contributed by atoms with Crippen LogP contribution >= 0.6 is 0 Å². The van der Waals surface area contributed by atoms with Crippen LogP contribution in [0.1, 0.15) is 12.5 Å². The van der Waals surface area contributed by atoms with Gasteiger partial charge in [-0.25, -0.2) is 0 Å². The van der Waals surface area contributed by atoms with E-state index in [1.165, 1.54) is 21.9 Å². The van der Waals surface area contributed by atoms with E-state index in [-0.39, 0.29) is 0 Å². The molecule has 0 unspecified atom stereocenters. The normalized spacial score (nSPS) is 12.5. The minimum Gasteiger partial charge on any atom is -0.496 e. The van der Waals surface area contributed by atoms with Gasteiger partial charge in [0.25, 0.3) is 0 Å². The average Bonchev–Trinajstić information content (AvgIpc) is 3.10. The van der Waals surface area contributed by atoms with Gasteiger partial charge < -0.3 is 14.6 Å². The van der Waals surface area contributed by atoms with Crippen molar-refractivity contribution in [3.63, 3.8) is 0 Å². The Balaban J connectivity index is 1.54. The molecule has 132 valence electrons. The quantitative estimate of drug-likeness (QED) is 0.564. The number of pyridine rings is 1. The standard InChI is InChI=1S/C22H23N3O/c1-16(24-14-18-6-3-4-8-21(18)26-2)15-25-13-11-17-9-10-20-19(22(17)25)7-5-12-23-20/h3-13,16,24H,14-15H2,1-2H3/t16-/m0/s1. The van der Waals surface area contributed by atoms with Gasteiger partial charge in [-0.1, -0.05) is 24.3 Å². The Bertz CT molecular complexity index is 1040. The van der Waals surface area contributed by atoms with Crippen LogP contribution in [0.2, 0.25) is 0 Å². The summed E-state index contributed by atoms with van der Waals surface area (Å²) in [6, 6.07) is 19.0. The van der Waals surface area contributed by atoms with Crippen LogP contribution in [0, 0.1) is 0 Å². The highest BCUT2D eigenvalue weighted by atomic mass is 16.5. The fourth-order valence-corrected chi connectivity index (χ4v) is 3.50. The van der Waals surface area contributed by atoms with Gasteiger partial charge in [-0.2, -0.15) is 0 Å². The molecule has 1 atom stereocenters. The number of rotatable bonds is 6. The summed E-state index contributed by atoms with van der Waals surface area (Å²) in [4.78, 5) is 4.48. The fraction of sp³-hybridized carbons (Fsp3) is 0.227. The number of hydrogen-bond donors (Lipinski definition) is 1. The number of ether oxygens (including phenoxy) is 1. The second kappa shape index (κ2) is 7.18. The summed E-state index contributed by atoms with van der Waals surface area (Å²) in [5, 5.41) is 6.06. The third kappa shape index (κ3) is 3.16. The summed E-state index contributed by atoms with van der Waals surface area (Å²) in [6.07, 6.45) is 4.01. The van der Waals surface area contributed by atoms with Crippen LogP contribution in [0.25, 0.3) is 21.8 Å². The van der Waals surface area contributed by atoms with E-state index in [9.17, 15) is 0 Å². The van der Waals surface area contributed by atoms with E-state index in [0.29, 0.717) is 6.04 Å². The highest BCUT2D eigenvalue weighted by Crippen LogP contribution is 2.25. The number of nitrogens with one attached hydrogen (secondary N) is 1. The lowest BCUT2D eigenvalue weighted by molar-refractivity contribution is 0.403. The van der Waals surface area contributed by atoms with E-state index in [2.05, 4.69) is 58.3 Å². The molecular weight excluding hydrogens is 322 g/mol. The Morgan fingerprint density at radius 1 is 1.08 bits per heavy atom. The zero-order chi connectivity index (χ0) is 17.9. The predicted octanol–water partition coefficient (Wildman–Crippen LogP) is 4.38. The van der Waals surface area contributed by atoms with E-state index in [4.69, 9.17) is 4.74 Å². The van der Waals surface area contributed by atoms with Gasteiger partial charge in [-0.3, -0.25) is 4.98 Å². The van der Waals surface area contributed by atoms with Crippen molar-refractivity contribution in [2.24, 2.45) is 0 Å². The predicted molar refractivity (Wildman–Crippen MR) is 107 cm³/mol. The average molecular weight is 345 g/mol. The Hall–Kier alpha value is -2.85. The van der Waals surface area contributed by atoms with E-state index in [0.717, 1.165) is 24.4 Å². The Labute approximate surface area is 153 Å². The molecule has 0 spiro atoms. The summed E-state index contributed by atoms with van der Waals surface area (Å²) in [5.41, 5.74) is 3.46. The highest BCUT2D eigenvalue weighted by Gasteiger charge is 2.10. The lowest BCUT2D eigenvalue weighted by Crippen LogP contribution is -2.29. The lowest BCUT2D eigenvalue weighted by atomic mass is 10.1. The number of para-hydroxylation sites is 1. The lowest BCUT2D eigenvalue weighted by Gasteiger charge is -2.17. The number of methoxy groups -OCH3 is 1. The monoisotopic (exact) mass is 345 g/mol. The third-order valence-corrected chi connectivity index (χ3v) is 4.81. The van der Waals surface area contributed by atoms with Crippen LogP contribution in [0.5, 0.6) is 5.75 Å². The number of nitrogens with zero attached hydrogens (tertiary/aromatic N) is 2. The Morgan fingerprint density at radius 2 is 1.96 bits per heavy atom. The zero-order valence-electron chi connectivity index (χ0n) is 15.1. The molecule has 0 fully saturated rings. The molecule has 0 saturated heterocycles. The number of benzene rings is 2. The molecule has 0 radical (unpaired) electrons. The molecule has 4 nitrogen and oxygen atoms in total. The molecule has 0 aliphatic rings. The molecule has 1 N–H and O–H groups in total. The molecule has 0 aliphatic heterocycles. The SMILES string of the molecule is COc1ccccc1CN[C@@H](C)Cn1ccc2ccc3ncccc3c21.